The lowest BCUT2D eigenvalue weighted by Crippen LogP contribution is -2.22. The Kier molecular flexibility index (Phi) is 3.02. The third kappa shape index (κ3) is 1.89. The Morgan fingerprint density at radius 1 is 1.47 bits per heavy atom. The number of hydrogen-bond acceptors (Lipinski definition) is 4. The van der Waals surface area contributed by atoms with Gasteiger partial charge in [0.25, 0.3) is 0 Å². The highest BCUT2D eigenvalue weighted by Gasteiger charge is 2.24. The molecule has 1 saturated carbocycles. The van der Waals surface area contributed by atoms with Gasteiger partial charge in [0.05, 0.1) is 12.6 Å². The molecule has 1 aliphatic carbocycles. The zero-order chi connectivity index (χ0) is 10.8. The zero-order valence-corrected chi connectivity index (χ0v) is 9.06. The van der Waals surface area contributed by atoms with Gasteiger partial charge in [-0.25, -0.2) is 0 Å². The van der Waals surface area contributed by atoms with Gasteiger partial charge in [0.15, 0.2) is 5.82 Å². The lowest BCUT2D eigenvalue weighted by molar-refractivity contribution is 0.258. The van der Waals surface area contributed by atoms with E-state index in [4.69, 9.17) is 10.8 Å². The first-order valence-electron chi connectivity index (χ1n) is 5.52. The van der Waals surface area contributed by atoms with Gasteiger partial charge in [-0.2, -0.15) is 0 Å². The molecular formula is C10H18N4O. The number of hydrogen-bond donors (Lipinski definition) is 2. The summed E-state index contributed by atoms with van der Waals surface area (Å²) in [5.74, 6) is 1.63. The van der Waals surface area contributed by atoms with E-state index in [1.165, 1.54) is 25.7 Å². The monoisotopic (exact) mass is 210 g/mol. The first kappa shape index (κ1) is 10.6. The van der Waals surface area contributed by atoms with Crippen molar-refractivity contribution in [1.82, 2.24) is 14.8 Å². The molecule has 1 aromatic rings. The number of aliphatic hydroxyl groups excluding tert-OH is 1. The molecule has 0 spiro atoms. The summed E-state index contributed by atoms with van der Waals surface area (Å²) in [4.78, 5) is 0. The number of nitrogens with zero attached hydrogens (tertiary/aromatic N) is 3. The second-order valence-corrected chi connectivity index (χ2v) is 4.20. The number of aryl methyl sites for hydroxylation is 1. The van der Waals surface area contributed by atoms with Crippen LogP contribution in [0.25, 0.3) is 0 Å². The van der Waals surface area contributed by atoms with Crippen LogP contribution in [0.15, 0.2) is 0 Å². The Morgan fingerprint density at radius 2 is 2.13 bits per heavy atom. The van der Waals surface area contributed by atoms with Crippen molar-refractivity contribution in [2.45, 2.75) is 44.7 Å². The van der Waals surface area contributed by atoms with Crippen LogP contribution in [0, 0.1) is 6.92 Å². The van der Waals surface area contributed by atoms with E-state index >= 15 is 0 Å². The van der Waals surface area contributed by atoms with Crippen LogP contribution < -0.4 is 5.73 Å². The van der Waals surface area contributed by atoms with Crippen LogP contribution in [-0.2, 0) is 0 Å². The number of aliphatic hydroxyl groups is 1. The molecule has 1 aromatic heterocycles. The molecule has 1 aliphatic rings. The lowest BCUT2D eigenvalue weighted by atomic mass is 10.2. The first-order chi connectivity index (χ1) is 7.24. The van der Waals surface area contributed by atoms with Gasteiger partial charge in [-0.3, -0.25) is 0 Å². The number of rotatable bonds is 3. The molecule has 0 amide bonds. The molecule has 15 heavy (non-hydrogen) atoms. The molecule has 84 valence electrons. The summed E-state index contributed by atoms with van der Waals surface area (Å²) in [7, 11) is 0. The molecule has 0 bridgehead atoms. The van der Waals surface area contributed by atoms with Crippen molar-refractivity contribution in [2.75, 3.05) is 6.61 Å². The third-order valence-electron chi connectivity index (χ3n) is 3.11. The molecule has 3 N–H and O–H groups in total. The summed E-state index contributed by atoms with van der Waals surface area (Å²) < 4.78 is 2.11. The molecule has 5 nitrogen and oxygen atoms in total. The Bertz CT molecular complexity index is 330. The largest absolute Gasteiger partial charge is 0.394 e. The summed E-state index contributed by atoms with van der Waals surface area (Å²) in [6.07, 6.45) is 4.86. The maximum absolute atomic E-state index is 9.06. The van der Waals surface area contributed by atoms with Crippen LogP contribution in [0.2, 0.25) is 0 Å². The van der Waals surface area contributed by atoms with E-state index in [9.17, 15) is 0 Å². The summed E-state index contributed by atoms with van der Waals surface area (Å²) in [5.41, 5.74) is 5.80. The standard InChI is InChI=1S/C10H18N4O/c1-7-12-13-10(9(11)6-15)14(7)8-4-2-3-5-8/h8-9,15H,2-6,11H2,1H3. The van der Waals surface area contributed by atoms with E-state index in [2.05, 4.69) is 14.8 Å². The minimum Gasteiger partial charge on any atom is -0.394 e. The molecule has 1 heterocycles. The molecule has 1 fully saturated rings. The maximum atomic E-state index is 9.06. The normalized spacial score (nSPS) is 19.7. The summed E-state index contributed by atoms with van der Waals surface area (Å²) in [6, 6.07) is 0.0689. The summed E-state index contributed by atoms with van der Waals surface area (Å²) in [6.45, 7) is 1.86. The van der Waals surface area contributed by atoms with Gasteiger partial charge in [0.1, 0.15) is 5.82 Å². The van der Waals surface area contributed by atoms with E-state index in [1.54, 1.807) is 0 Å². The third-order valence-corrected chi connectivity index (χ3v) is 3.11. The van der Waals surface area contributed by atoms with E-state index < -0.39 is 6.04 Å². The van der Waals surface area contributed by atoms with E-state index in [1.807, 2.05) is 6.92 Å². The van der Waals surface area contributed by atoms with Crippen LogP contribution in [-0.4, -0.2) is 26.5 Å². The fourth-order valence-corrected chi connectivity index (χ4v) is 2.33. The molecule has 0 aliphatic heterocycles. The maximum Gasteiger partial charge on any atom is 0.152 e. The predicted octanol–water partition coefficient (Wildman–Crippen LogP) is 0.694. The average Bonchev–Trinajstić information content (AvgIpc) is 2.85. The quantitative estimate of drug-likeness (QED) is 0.769. The van der Waals surface area contributed by atoms with Crippen LogP contribution in [0.1, 0.15) is 49.4 Å². The number of aromatic nitrogens is 3. The SMILES string of the molecule is Cc1nnc(C(N)CO)n1C1CCCC1. The Balaban J connectivity index is 2.30. The van der Waals surface area contributed by atoms with Crippen molar-refractivity contribution in [1.29, 1.82) is 0 Å². The van der Waals surface area contributed by atoms with Gasteiger partial charge >= 0.3 is 0 Å². The minimum atomic E-state index is -0.410. The van der Waals surface area contributed by atoms with Gasteiger partial charge in [0.2, 0.25) is 0 Å². The van der Waals surface area contributed by atoms with Gasteiger partial charge in [0, 0.05) is 6.04 Å². The van der Waals surface area contributed by atoms with Gasteiger partial charge in [-0.05, 0) is 19.8 Å². The van der Waals surface area contributed by atoms with Crippen LogP contribution >= 0.6 is 0 Å². The van der Waals surface area contributed by atoms with Crippen molar-refractivity contribution in [3.63, 3.8) is 0 Å². The molecule has 5 heteroatoms. The zero-order valence-electron chi connectivity index (χ0n) is 9.06. The molecule has 0 radical (unpaired) electrons. The molecule has 0 saturated heterocycles. The second-order valence-electron chi connectivity index (χ2n) is 4.20. The molecular weight excluding hydrogens is 192 g/mol. The van der Waals surface area contributed by atoms with Gasteiger partial charge in [-0.15, -0.1) is 10.2 Å². The highest BCUT2D eigenvalue weighted by molar-refractivity contribution is 5.02. The van der Waals surface area contributed by atoms with E-state index in [-0.39, 0.29) is 6.61 Å². The van der Waals surface area contributed by atoms with Crippen molar-refractivity contribution < 1.29 is 5.11 Å². The van der Waals surface area contributed by atoms with Crippen LogP contribution in [0.5, 0.6) is 0 Å². The van der Waals surface area contributed by atoms with Gasteiger partial charge in [-0.1, -0.05) is 12.8 Å². The molecule has 2 rings (SSSR count). The Hall–Kier alpha value is -0.940. The van der Waals surface area contributed by atoms with Crippen LogP contribution in [0.4, 0.5) is 0 Å². The van der Waals surface area contributed by atoms with Crippen molar-refractivity contribution in [2.24, 2.45) is 5.73 Å². The number of nitrogens with two attached hydrogens (primary N) is 1. The van der Waals surface area contributed by atoms with Crippen molar-refractivity contribution in [3.05, 3.63) is 11.6 Å². The molecule has 0 aromatic carbocycles. The Labute approximate surface area is 89.3 Å². The lowest BCUT2D eigenvalue weighted by Gasteiger charge is -2.17. The second kappa shape index (κ2) is 4.28. The molecule has 1 unspecified atom stereocenters. The fourth-order valence-electron chi connectivity index (χ4n) is 2.33. The van der Waals surface area contributed by atoms with Crippen molar-refractivity contribution >= 4 is 0 Å². The summed E-state index contributed by atoms with van der Waals surface area (Å²) in [5, 5.41) is 17.2. The van der Waals surface area contributed by atoms with Gasteiger partial charge < -0.3 is 15.4 Å². The highest BCUT2D eigenvalue weighted by Crippen LogP contribution is 2.31. The topological polar surface area (TPSA) is 77.0 Å². The van der Waals surface area contributed by atoms with E-state index in [0.717, 1.165) is 11.6 Å². The molecule has 1 atom stereocenters. The van der Waals surface area contributed by atoms with E-state index in [0.29, 0.717) is 6.04 Å². The summed E-state index contributed by atoms with van der Waals surface area (Å²) >= 11 is 0. The van der Waals surface area contributed by atoms with Crippen LogP contribution in [0.3, 0.4) is 0 Å². The fraction of sp³-hybridized carbons (Fsp3) is 0.800. The predicted molar refractivity (Wildman–Crippen MR) is 56.3 cm³/mol. The minimum absolute atomic E-state index is 0.0785. The Morgan fingerprint density at radius 3 is 2.73 bits per heavy atom. The van der Waals surface area contributed by atoms with Crippen molar-refractivity contribution in [3.8, 4) is 0 Å². The smallest absolute Gasteiger partial charge is 0.152 e. The average molecular weight is 210 g/mol. The first-order valence-corrected chi connectivity index (χ1v) is 5.52. The highest BCUT2D eigenvalue weighted by atomic mass is 16.3.